The van der Waals surface area contributed by atoms with Gasteiger partial charge in [-0.05, 0) is 37.3 Å². The summed E-state index contributed by atoms with van der Waals surface area (Å²) in [6.07, 6.45) is 14.4. The highest BCUT2D eigenvalue weighted by Gasteiger charge is 2.44. The van der Waals surface area contributed by atoms with Crippen LogP contribution in [0.5, 0.6) is 0 Å². The monoisotopic (exact) mass is 421 g/mol. The Balaban J connectivity index is 1.41. The Labute approximate surface area is 182 Å². The van der Waals surface area contributed by atoms with Crippen molar-refractivity contribution in [2.75, 3.05) is 13.1 Å². The summed E-state index contributed by atoms with van der Waals surface area (Å²) in [5.41, 5.74) is 1.54. The minimum atomic E-state index is -0.735. The van der Waals surface area contributed by atoms with Gasteiger partial charge in [0.05, 0.1) is 6.33 Å². The van der Waals surface area contributed by atoms with Crippen molar-refractivity contribution in [3.63, 3.8) is 0 Å². The molecule has 2 heterocycles. The number of carbonyl (C=O) groups is 2. The number of imidazole rings is 1. The number of amides is 2. The Morgan fingerprint density at radius 1 is 1.26 bits per heavy atom. The zero-order valence-corrected chi connectivity index (χ0v) is 17.9. The fourth-order valence-corrected chi connectivity index (χ4v) is 4.78. The number of hydrogen-bond donors (Lipinski definition) is 2. The molecule has 2 aromatic heterocycles. The van der Waals surface area contributed by atoms with Crippen LogP contribution in [-0.4, -0.2) is 50.4 Å². The Kier molecular flexibility index (Phi) is 6.70. The van der Waals surface area contributed by atoms with Crippen molar-refractivity contribution in [1.82, 2.24) is 24.8 Å². The van der Waals surface area contributed by atoms with Crippen LogP contribution in [0.2, 0.25) is 0 Å². The Hall–Kier alpha value is -3.09. The number of nitrogens with zero attached hydrogens (tertiary/aromatic N) is 3. The lowest BCUT2D eigenvalue weighted by molar-refractivity contribution is -0.143. The van der Waals surface area contributed by atoms with Gasteiger partial charge in [-0.2, -0.15) is 0 Å². The van der Waals surface area contributed by atoms with Crippen LogP contribution in [0.1, 0.15) is 44.1 Å². The molecule has 164 valence electrons. The number of aromatic amines is 1. The predicted octanol–water partition coefficient (Wildman–Crippen LogP) is 3.27. The predicted molar refractivity (Wildman–Crippen MR) is 120 cm³/mol. The number of hydrogen-bond acceptors (Lipinski definition) is 3. The van der Waals surface area contributed by atoms with E-state index in [1.54, 1.807) is 17.4 Å². The number of aryl methyl sites for hydroxylation is 1. The molecule has 1 aliphatic carbocycles. The average Bonchev–Trinajstić information content (AvgIpc) is 3.48. The van der Waals surface area contributed by atoms with Gasteiger partial charge in [-0.25, -0.2) is 4.98 Å². The Morgan fingerprint density at radius 2 is 2.10 bits per heavy atom. The number of nitrogens with one attached hydrogen (secondary N) is 2. The van der Waals surface area contributed by atoms with Gasteiger partial charge < -0.3 is 19.8 Å². The van der Waals surface area contributed by atoms with E-state index < -0.39 is 5.54 Å². The topological polar surface area (TPSA) is 83.0 Å². The van der Waals surface area contributed by atoms with E-state index in [0.717, 1.165) is 63.4 Å². The van der Waals surface area contributed by atoms with Crippen LogP contribution < -0.4 is 5.32 Å². The molecule has 7 heteroatoms. The summed E-state index contributed by atoms with van der Waals surface area (Å²) in [5.74, 6) is -0.0103. The van der Waals surface area contributed by atoms with Gasteiger partial charge in [-0.3, -0.25) is 9.59 Å². The Morgan fingerprint density at radius 3 is 2.87 bits per heavy atom. The van der Waals surface area contributed by atoms with Crippen molar-refractivity contribution >= 4 is 23.2 Å². The first-order valence-electron chi connectivity index (χ1n) is 11.2. The van der Waals surface area contributed by atoms with Gasteiger partial charge in [0.25, 0.3) is 0 Å². The number of carbonyl (C=O) groups excluding carboxylic acids is 2. The van der Waals surface area contributed by atoms with E-state index in [1.165, 1.54) is 10.9 Å². The molecule has 1 aromatic carbocycles. The lowest BCUT2D eigenvalue weighted by Gasteiger charge is -2.43. The van der Waals surface area contributed by atoms with Gasteiger partial charge in [0.15, 0.2) is 0 Å². The zero-order chi connectivity index (χ0) is 21.5. The lowest BCUT2D eigenvalue weighted by Crippen LogP contribution is -2.60. The molecule has 0 radical (unpaired) electrons. The molecule has 2 amide bonds. The highest BCUT2D eigenvalue weighted by Crippen LogP contribution is 2.34. The molecule has 2 N–H and O–H groups in total. The van der Waals surface area contributed by atoms with E-state index in [-0.39, 0.29) is 5.91 Å². The van der Waals surface area contributed by atoms with Crippen LogP contribution in [0.25, 0.3) is 10.9 Å². The van der Waals surface area contributed by atoms with Crippen molar-refractivity contribution in [1.29, 1.82) is 0 Å². The van der Waals surface area contributed by atoms with E-state index in [9.17, 15) is 9.59 Å². The molecular weight excluding hydrogens is 390 g/mol. The van der Waals surface area contributed by atoms with Crippen LogP contribution in [0.3, 0.4) is 0 Å². The molecule has 1 fully saturated rings. The van der Waals surface area contributed by atoms with E-state index in [4.69, 9.17) is 0 Å². The van der Waals surface area contributed by atoms with Gasteiger partial charge >= 0.3 is 0 Å². The molecule has 0 spiro atoms. The smallest absolute Gasteiger partial charge is 0.245 e. The maximum Gasteiger partial charge on any atom is 0.245 e. The van der Waals surface area contributed by atoms with Crippen molar-refractivity contribution in [2.24, 2.45) is 0 Å². The number of fused-ring (bicyclic) bond motifs is 1. The summed E-state index contributed by atoms with van der Waals surface area (Å²) in [4.78, 5) is 34.6. The first kappa shape index (κ1) is 21.2. The van der Waals surface area contributed by atoms with Crippen molar-refractivity contribution < 1.29 is 9.59 Å². The summed E-state index contributed by atoms with van der Waals surface area (Å²) in [6, 6.07) is 8.18. The Bertz CT molecular complexity index is 989. The van der Waals surface area contributed by atoms with E-state index in [0.29, 0.717) is 13.1 Å². The maximum atomic E-state index is 13.3. The van der Waals surface area contributed by atoms with E-state index in [2.05, 4.69) is 27.4 Å². The minimum Gasteiger partial charge on any atom is -0.361 e. The second-order valence-electron chi connectivity index (χ2n) is 8.41. The molecule has 0 saturated heterocycles. The SMILES string of the molecule is O=CN(CCc1c[nH]c2ccccc12)C1(C(=O)NCCCn2ccnc2)CCCCC1. The summed E-state index contributed by atoms with van der Waals surface area (Å²) < 4.78 is 2.00. The molecule has 0 bridgehead atoms. The molecule has 1 aliphatic rings. The molecule has 0 unspecified atom stereocenters. The summed E-state index contributed by atoms with van der Waals surface area (Å²) >= 11 is 0. The second kappa shape index (κ2) is 9.81. The number of para-hydroxylation sites is 1. The van der Waals surface area contributed by atoms with Crippen molar-refractivity contribution in [3.8, 4) is 0 Å². The zero-order valence-electron chi connectivity index (χ0n) is 17.9. The first-order valence-corrected chi connectivity index (χ1v) is 11.2. The number of rotatable bonds is 10. The normalized spacial score (nSPS) is 15.6. The van der Waals surface area contributed by atoms with Gasteiger partial charge in [-0.15, -0.1) is 0 Å². The third-order valence-corrected chi connectivity index (χ3v) is 6.52. The van der Waals surface area contributed by atoms with E-state index >= 15 is 0 Å². The quantitative estimate of drug-likeness (QED) is 0.389. The third kappa shape index (κ3) is 4.65. The summed E-state index contributed by atoms with van der Waals surface area (Å²) in [7, 11) is 0. The lowest BCUT2D eigenvalue weighted by atomic mass is 9.79. The molecule has 3 aromatic rings. The highest BCUT2D eigenvalue weighted by molar-refractivity contribution is 5.88. The van der Waals surface area contributed by atoms with Gasteiger partial charge in [0.2, 0.25) is 12.3 Å². The van der Waals surface area contributed by atoms with Crippen LogP contribution in [0, 0.1) is 0 Å². The number of aromatic nitrogens is 3. The van der Waals surface area contributed by atoms with Crippen LogP contribution in [0.4, 0.5) is 0 Å². The minimum absolute atomic E-state index is 0.0103. The third-order valence-electron chi connectivity index (χ3n) is 6.52. The average molecular weight is 422 g/mol. The molecule has 4 rings (SSSR count). The molecule has 0 atom stereocenters. The van der Waals surface area contributed by atoms with Crippen LogP contribution in [-0.2, 0) is 22.6 Å². The summed E-state index contributed by atoms with van der Waals surface area (Å²) in [6.45, 7) is 1.94. The maximum absolute atomic E-state index is 13.3. The molecular formula is C24H31N5O2. The van der Waals surface area contributed by atoms with E-state index in [1.807, 2.05) is 29.1 Å². The molecule has 1 saturated carbocycles. The largest absolute Gasteiger partial charge is 0.361 e. The highest BCUT2D eigenvalue weighted by atomic mass is 16.2. The summed E-state index contributed by atoms with van der Waals surface area (Å²) in [5, 5.41) is 4.29. The number of benzene rings is 1. The number of H-pyrrole nitrogens is 1. The fraction of sp³-hybridized carbons (Fsp3) is 0.458. The van der Waals surface area contributed by atoms with Gasteiger partial charge in [-0.1, -0.05) is 37.5 Å². The molecule has 0 aliphatic heterocycles. The van der Waals surface area contributed by atoms with Crippen LogP contribution >= 0.6 is 0 Å². The van der Waals surface area contributed by atoms with Crippen molar-refractivity contribution in [2.45, 2.75) is 57.0 Å². The standard InChI is InChI=1S/C24H31N5O2/c30-19-29(15-9-20-17-27-22-8-3-2-7-21(20)22)24(10-4-1-5-11-24)23(31)26-12-6-14-28-16-13-25-18-28/h2-3,7-8,13,16-19,27H,1,4-6,9-12,14-15H2,(H,26,31). The first-order chi connectivity index (χ1) is 15.2. The van der Waals surface area contributed by atoms with Gasteiger partial charge in [0, 0.05) is 49.1 Å². The fourth-order valence-electron chi connectivity index (χ4n) is 4.78. The van der Waals surface area contributed by atoms with Gasteiger partial charge in [0.1, 0.15) is 5.54 Å². The second-order valence-corrected chi connectivity index (χ2v) is 8.41. The molecule has 31 heavy (non-hydrogen) atoms. The van der Waals surface area contributed by atoms with Crippen LogP contribution in [0.15, 0.2) is 49.2 Å². The molecule has 7 nitrogen and oxygen atoms in total. The van der Waals surface area contributed by atoms with Crippen molar-refractivity contribution in [3.05, 3.63) is 54.7 Å².